The number of nitrogens with one attached hydrogen (secondary N) is 1. The molecular formula is C20H15F2N3O2S. The van der Waals surface area contributed by atoms with E-state index in [1.54, 1.807) is 34.5 Å². The molecule has 4 rings (SSSR count). The molecular weight excluding hydrogens is 384 g/mol. The van der Waals surface area contributed by atoms with Gasteiger partial charge in [0.25, 0.3) is 5.91 Å². The summed E-state index contributed by atoms with van der Waals surface area (Å²) in [6.45, 7) is 0.691. The van der Waals surface area contributed by atoms with Crippen molar-refractivity contribution in [1.82, 2.24) is 4.98 Å². The molecule has 1 aliphatic rings. The highest BCUT2D eigenvalue weighted by molar-refractivity contribution is 7.14. The standard InChI is InChI=1S/C20H15F2N3O2S/c21-15-8-5-13(10-16(15)22)17-11-28-20(23-17)24-19(27)12-3-6-14(7-4-12)25-9-1-2-18(25)26/h3-8,10-11H,1-2,9H2,(H,23,24,27). The van der Waals surface area contributed by atoms with Crippen molar-refractivity contribution < 1.29 is 18.4 Å². The maximum Gasteiger partial charge on any atom is 0.257 e. The maximum atomic E-state index is 13.4. The normalized spacial score (nSPS) is 13.8. The van der Waals surface area contributed by atoms with Gasteiger partial charge in [-0.25, -0.2) is 13.8 Å². The Kier molecular flexibility index (Phi) is 4.87. The van der Waals surface area contributed by atoms with Crippen LogP contribution in [0.15, 0.2) is 47.8 Å². The largest absolute Gasteiger partial charge is 0.312 e. The van der Waals surface area contributed by atoms with Crippen molar-refractivity contribution in [1.29, 1.82) is 0 Å². The van der Waals surface area contributed by atoms with Crippen LogP contribution in [0.2, 0.25) is 0 Å². The van der Waals surface area contributed by atoms with Crippen LogP contribution in [0.25, 0.3) is 11.3 Å². The lowest BCUT2D eigenvalue weighted by Gasteiger charge is -2.15. The summed E-state index contributed by atoms with van der Waals surface area (Å²) in [5, 5.41) is 4.70. The second-order valence-corrected chi connectivity index (χ2v) is 7.17. The summed E-state index contributed by atoms with van der Waals surface area (Å²) >= 11 is 1.19. The molecule has 0 atom stereocenters. The van der Waals surface area contributed by atoms with Gasteiger partial charge in [-0.1, -0.05) is 0 Å². The van der Waals surface area contributed by atoms with E-state index in [0.29, 0.717) is 34.9 Å². The molecule has 1 aromatic heterocycles. The Morgan fingerprint density at radius 2 is 1.89 bits per heavy atom. The van der Waals surface area contributed by atoms with Gasteiger partial charge in [0.2, 0.25) is 5.91 Å². The van der Waals surface area contributed by atoms with E-state index in [2.05, 4.69) is 10.3 Å². The fraction of sp³-hybridized carbons (Fsp3) is 0.150. The minimum Gasteiger partial charge on any atom is -0.312 e. The Hall–Kier alpha value is -3.13. The van der Waals surface area contributed by atoms with E-state index in [0.717, 1.165) is 24.2 Å². The van der Waals surface area contributed by atoms with Crippen molar-refractivity contribution in [2.75, 3.05) is 16.8 Å². The molecule has 0 saturated carbocycles. The van der Waals surface area contributed by atoms with Crippen molar-refractivity contribution in [2.24, 2.45) is 0 Å². The van der Waals surface area contributed by atoms with E-state index in [9.17, 15) is 18.4 Å². The zero-order valence-electron chi connectivity index (χ0n) is 14.6. The van der Waals surface area contributed by atoms with E-state index < -0.39 is 11.6 Å². The van der Waals surface area contributed by atoms with E-state index >= 15 is 0 Å². The van der Waals surface area contributed by atoms with Crippen molar-refractivity contribution in [3.63, 3.8) is 0 Å². The number of carbonyl (C=O) groups excluding carboxylic acids is 2. The zero-order chi connectivity index (χ0) is 19.7. The van der Waals surface area contributed by atoms with Crippen LogP contribution in [0.4, 0.5) is 19.6 Å². The fourth-order valence-corrected chi connectivity index (χ4v) is 3.72. The number of hydrogen-bond donors (Lipinski definition) is 1. The molecule has 1 N–H and O–H groups in total. The number of halogens is 2. The van der Waals surface area contributed by atoms with Crippen LogP contribution < -0.4 is 10.2 Å². The topological polar surface area (TPSA) is 62.3 Å². The lowest BCUT2D eigenvalue weighted by molar-refractivity contribution is -0.117. The zero-order valence-corrected chi connectivity index (χ0v) is 15.4. The molecule has 0 radical (unpaired) electrons. The molecule has 2 amide bonds. The smallest absolute Gasteiger partial charge is 0.257 e. The second-order valence-electron chi connectivity index (χ2n) is 6.32. The van der Waals surface area contributed by atoms with Crippen molar-refractivity contribution in [2.45, 2.75) is 12.8 Å². The van der Waals surface area contributed by atoms with Crippen molar-refractivity contribution in [3.05, 3.63) is 65.0 Å². The van der Waals surface area contributed by atoms with Gasteiger partial charge in [-0.2, -0.15) is 0 Å². The molecule has 142 valence electrons. The van der Waals surface area contributed by atoms with Crippen LogP contribution in [0.1, 0.15) is 23.2 Å². The van der Waals surface area contributed by atoms with Gasteiger partial charge in [0.1, 0.15) is 0 Å². The summed E-state index contributed by atoms with van der Waals surface area (Å²) in [6.07, 6.45) is 1.39. The van der Waals surface area contributed by atoms with Crippen LogP contribution in [-0.4, -0.2) is 23.3 Å². The van der Waals surface area contributed by atoms with E-state index in [-0.39, 0.29) is 11.8 Å². The van der Waals surface area contributed by atoms with Gasteiger partial charge >= 0.3 is 0 Å². The lowest BCUT2D eigenvalue weighted by atomic mass is 10.1. The molecule has 8 heteroatoms. The van der Waals surface area contributed by atoms with Crippen LogP contribution in [0.3, 0.4) is 0 Å². The van der Waals surface area contributed by atoms with Gasteiger partial charge in [-0.05, 0) is 48.9 Å². The van der Waals surface area contributed by atoms with Crippen molar-refractivity contribution in [3.8, 4) is 11.3 Å². The molecule has 0 spiro atoms. The predicted molar refractivity (Wildman–Crippen MR) is 103 cm³/mol. The van der Waals surface area contributed by atoms with Gasteiger partial charge in [0, 0.05) is 35.2 Å². The summed E-state index contributed by atoms with van der Waals surface area (Å²) < 4.78 is 26.4. The molecule has 0 unspecified atom stereocenters. The molecule has 0 bridgehead atoms. The first-order valence-corrected chi connectivity index (χ1v) is 9.52. The Bertz CT molecular complexity index is 1050. The molecule has 1 saturated heterocycles. The van der Waals surface area contributed by atoms with Gasteiger partial charge < -0.3 is 4.90 Å². The van der Waals surface area contributed by atoms with E-state index in [1.165, 1.54) is 17.4 Å². The number of carbonyl (C=O) groups is 2. The molecule has 28 heavy (non-hydrogen) atoms. The van der Waals surface area contributed by atoms with Crippen LogP contribution >= 0.6 is 11.3 Å². The molecule has 2 aromatic carbocycles. The molecule has 5 nitrogen and oxygen atoms in total. The summed E-state index contributed by atoms with van der Waals surface area (Å²) in [4.78, 5) is 30.2. The number of nitrogens with zero attached hydrogens (tertiary/aromatic N) is 2. The highest BCUT2D eigenvalue weighted by atomic mass is 32.1. The third kappa shape index (κ3) is 3.63. The third-order valence-corrected chi connectivity index (χ3v) is 5.21. The predicted octanol–water partition coefficient (Wildman–Crippen LogP) is 4.47. The Morgan fingerprint density at radius 3 is 2.57 bits per heavy atom. The third-order valence-electron chi connectivity index (χ3n) is 4.45. The monoisotopic (exact) mass is 399 g/mol. The SMILES string of the molecule is O=C(Nc1nc(-c2ccc(F)c(F)c2)cs1)c1ccc(N2CCCC2=O)cc1. The quantitative estimate of drug-likeness (QED) is 0.704. The first-order chi connectivity index (χ1) is 13.5. The summed E-state index contributed by atoms with van der Waals surface area (Å²) in [6, 6.07) is 10.3. The van der Waals surface area contributed by atoms with Crippen molar-refractivity contribution >= 4 is 34.0 Å². The van der Waals surface area contributed by atoms with E-state index in [4.69, 9.17) is 0 Å². The molecule has 1 aliphatic heterocycles. The molecule has 2 heterocycles. The minimum atomic E-state index is -0.951. The molecule has 1 fully saturated rings. The van der Waals surface area contributed by atoms with E-state index in [1.807, 2.05) is 0 Å². The number of thiazole rings is 1. The summed E-state index contributed by atoms with van der Waals surface area (Å²) in [5.74, 6) is -2.13. The Balaban J connectivity index is 1.46. The van der Waals surface area contributed by atoms with Crippen LogP contribution in [0, 0.1) is 11.6 Å². The number of benzene rings is 2. The van der Waals surface area contributed by atoms with Gasteiger partial charge in [0.05, 0.1) is 5.69 Å². The summed E-state index contributed by atoms with van der Waals surface area (Å²) in [7, 11) is 0. The van der Waals surface area contributed by atoms with Crippen LogP contribution in [-0.2, 0) is 4.79 Å². The first-order valence-electron chi connectivity index (χ1n) is 8.64. The summed E-state index contributed by atoms with van der Waals surface area (Å²) in [5.41, 5.74) is 2.08. The minimum absolute atomic E-state index is 0.0877. The highest BCUT2D eigenvalue weighted by Crippen LogP contribution is 2.27. The number of aromatic nitrogens is 1. The second kappa shape index (κ2) is 7.47. The number of rotatable bonds is 4. The van der Waals surface area contributed by atoms with Crippen LogP contribution in [0.5, 0.6) is 0 Å². The average molecular weight is 399 g/mol. The lowest BCUT2D eigenvalue weighted by Crippen LogP contribution is -2.23. The Morgan fingerprint density at radius 1 is 1.11 bits per heavy atom. The van der Waals surface area contributed by atoms with Gasteiger partial charge in [-0.3, -0.25) is 14.9 Å². The number of anilines is 2. The number of hydrogen-bond acceptors (Lipinski definition) is 4. The molecule has 3 aromatic rings. The Labute approximate surface area is 163 Å². The highest BCUT2D eigenvalue weighted by Gasteiger charge is 2.21. The number of amides is 2. The fourth-order valence-electron chi connectivity index (χ4n) is 3.00. The first kappa shape index (κ1) is 18.2. The average Bonchev–Trinajstić information content (AvgIpc) is 3.33. The molecule has 0 aliphatic carbocycles. The maximum absolute atomic E-state index is 13.4. The van der Waals surface area contributed by atoms with Gasteiger partial charge in [0.15, 0.2) is 16.8 Å². The van der Waals surface area contributed by atoms with Gasteiger partial charge in [-0.15, -0.1) is 11.3 Å².